The van der Waals surface area contributed by atoms with Crippen molar-refractivity contribution in [3.63, 3.8) is 0 Å². The summed E-state index contributed by atoms with van der Waals surface area (Å²) in [6.45, 7) is 1.29. The highest BCUT2D eigenvalue weighted by molar-refractivity contribution is 9.10. The summed E-state index contributed by atoms with van der Waals surface area (Å²) in [6, 6.07) is 3.58. The Labute approximate surface area is 119 Å². The Hall–Kier alpha value is -1.69. The van der Waals surface area contributed by atoms with Crippen molar-refractivity contribution in [2.24, 2.45) is 7.05 Å². The molecule has 2 aromatic rings. The zero-order chi connectivity index (χ0) is 13.4. The first kappa shape index (κ1) is 12.3. The van der Waals surface area contributed by atoms with Gasteiger partial charge in [-0.2, -0.15) is 0 Å². The quantitative estimate of drug-likeness (QED) is 0.804. The molecular formula is C13H13BrN4O. The number of hydrogen-bond acceptors (Lipinski definition) is 3. The van der Waals surface area contributed by atoms with E-state index in [1.165, 1.54) is 0 Å². The van der Waals surface area contributed by atoms with Gasteiger partial charge in [0.25, 0.3) is 5.91 Å². The molecule has 3 heterocycles. The maximum Gasteiger partial charge on any atom is 0.255 e. The SMILES string of the molecule is Cn1c(Br)nc2c1CN(C(=O)c1cccnc1)CC2. The first-order valence-electron chi connectivity index (χ1n) is 6.06. The fourth-order valence-corrected chi connectivity index (χ4v) is 2.73. The van der Waals surface area contributed by atoms with Crippen LogP contribution in [0.15, 0.2) is 29.3 Å². The van der Waals surface area contributed by atoms with Crippen LogP contribution in [0.5, 0.6) is 0 Å². The molecule has 0 saturated heterocycles. The van der Waals surface area contributed by atoms with Gasteiger partial charge in [0.2, 0.25) is 0 Å². The Bertz CT molecular complexity index is 623. The fraction of sp³-hybridized carbons (Fsp3) is 0.308. The molecule has 19 heavy (non-hydrogen) atoms. The van der Waals surface area contributed by atoms with Crippen molar-refractivity contribution < 1.29 is 4.79 Å². The molecule has 0 N–H and O–H groups in total. The predicted octanol–water partition coefficient (Wildman–Crippen LogP) is 1.78. The molecule has 5 nitrogen and oxygen atoms in total. The molecule has 1 aliphatic rings. The van der Waals surface area contributed by atoms with Crippen LogP contribution >= 0.6 is 15.9 Å². The summed E-state index contributed by atoms with van der Waals surface area (Å²) in [6.07, 6.45) is 4.07. The Morgan fingerprint density at radius 2 is 2.32 bits per heavy atom. The summed E-state index contributed by atoms with van der Waals surface area (Å²) in [7, 11) is 1.95. The standard InChI is InChI=1S/C13H13BrN4O/c1-17-11-8-18(6-4-10(11)16-13(17)14)12(19)9-3-2-5-15-7-9/h2-3,5,7H,4,6,8H2,1H3. The number of amides is 1. The van der Waals surface area contributed by atoms with Crippen LogP contribution in [0.3, 0.4) is 0 Å². The summed E-state index contributed by atoms with van der Waals surface area (Å²) in [5.41, 5.74) is 2.80. The van der Waals surface area contributed by atoms with Crippen molar-refractivity contribution in [1.29, 1.82) is 0 Å². The van der Waals surface area contributed by atoms with Crippen LogP contribution in [0.25, 0.3) is 0 Å². The zero-order valence-corrected chi connectivity index (χ0v) is 12.1. The molecule has 1 amide bonds. The minimum atomic E-state index is 0.0241. The highest BCUT2D eigenvalue weighted by Gasteiger charge is 2.25. The molecule has 0 unspecified atom stereocenters. The Morgan fingerprint density at radius 1 is 1.47 bits per heavy atom. The number of imidazole rings is 1. The van der Waals surface area contributed by atoms with Gasteiger partial charge in [0.05, 0.1) is 23.5 Å². The molecule has 0 radical (unpaired) electrons. The van der Waals surface area contributed by atoms with Gasteiger partial charge in [-0.25, -0.2) is 4.98 Å². The molecule has 6 heteroatoms. The molecule has 98 valence electrons. The molecule has 0 saturated carbocycles. The molecule has 0 bridgehead atoms. The van der Waals surface area contributed by atoms with Crippen LogP contribution in [-0.4, -0.2) is 31.9 Å². The lowest BCUT2D eigenvalue weighted by molar-refractivity contribution is 0.0729. The van der Waals surface area contributed by atoms with Gasteiger partial charge in [-0.3, -0.25) is 9.78 Å². The van der Waals surface area contributed by atoms with Gasteiger partial charge in [-0.1, -0.05) is 0 Å². The summed E-state index contributed by atoms with van der Waals surface area (Å²) in [5.74, 6) is 0.0241. The Kier molecular flexibility index (Phi) is 3.10. The van der Waals surface area contributed by atoms with E-state index >= 15 is 0 Å². The van der Waals surface area contributed by atoms with Gasteiger partial charge in [-0.15, -0.1) is 0 Å². The first-order chi connectivity index (χ1) is 9.16. The van der Waals surface area contributed by atoms with E-state index in [2.05, 4.69) is 25.9 Å². The highest BCUT2D eigenvalue weighted by atomic mass is 79.9. The first-order valence-corrected chi connectivity index (χ1v) is 6.85. The molecule has 0 fully saturated rings. The smallest absolute Gasteiger partial charge is 0.255 e. The maximum absolute atomic E-state index is 12.4. The molecular weight excluding hydrogens is 308 g/mol. The van der Waals surface area contributed by atoms with Crippen LogP contribution in [0, 0.1) is 0 Å². The lowest BCUT2D eigenvalue weighted by atomic mass is 10.1. The van der Waals surface area contributed by atoms with Gasteiger partial charge in [-0.05, 0) is 28.1 Å². The van der Waals surface area contributed by atoms with E-state index < -0.39 is 0 Å². The summed E-state index contributed by atoms with van der Waals surface area (Å²) < 4.78 is 2.80. The molecule has 2 aromatic heterocycles. The second-order valence-corrected chi connectivity index (χ2v) is 5.26. The van der Waals surface area contributed by atoms with Gasteiger partial charge in [0.15, 0.2) is 4.73 Å². The van der Waals surface area contributed by atoms with Crippen molar-refractivity contribution in [2.75, 3.05) is 6.54 Å². The number of halogens is 1. The normalized spacial score (nSPS) is 14.3. The van der Waals surface area contributed by atoms with Crippen LogP contribution in [0.2, 0.25) is 0 Å². The van der Waals surface area contributed by atoms with Gasteiger partial charge in [0.1, 0.15) is 0 Å². The summed E-state index contributed by atoms with van der Waals surface area (Å²) >= 11 is 3.42. The molecule has 0 spiro atoms. The van der Waals surface area contributed by atoms with E-state index in [1.54, 1.807) is 24.5 Å². The molecule has 3 rings (SSSR count). The predicted molar refractivity (Wildman–Crippen MR) is 73.6 cm³/mol. The van der Waals surface area contributed by atoms with E-state index in [0.717, 1.165) is 22.5 Å². The molecule has 1 aliphatic heterocycles. The van der Waals surface area contributed by atoms with E-state index in [-0.39, 0.29) is 5.91 Å². The minimum absolute atomic E-state index is 0.0241. The molecule has 0 atom stereocenters. The van der Waals surface area contributed by atoms with Crippen LogP contribution < -0.4 is 0 Å². The lowest BCUT2D eigenvalue weighted by Crippen LogP contribution is -2.36. The van der Waals surface area contributed by atoms with Crippen molar-refractivity contribution >= 4 is 21.8 Å². The minimum Gasteiger partial charge on any atom is -0.332 e. The molecule has 0 aromatic carbocycles. The third-order valence-corrected chi connectivity index (χ3v) is 4.11. The number of carbonyl (C=O) groups excluding carboxylic acids is 1. The topological polar surface area (TPSA) is 51.0 Å². The highest BCUT2D eigenvalue weighted by Crippen LogP contribution is 2.23. The number of fused-ring (bicyclic) bond motifs is 1. The lowest BCUT2D eigenvalue weighted by Gasteiger charge is -2.27. The number of hydrogen-bond donors (Lipinski definition) is 0. The second kappa shape index (κ2) is 4.77. The maximum atomic E-state index is 12.4. The Balaban J connectivity index is 1.86. The van der Waals surface area contributed by atoms with E-state index in [1.807, 2.05) is 16.5 Å². The third-order valence-electron chi connectivity index (χ3n) is 3.40. The van der Waals surface area contributed by atoms with Crippen molar-refractivity contribution in [1.82, 2.24) is 19.4 Å². The summed E-state index contributed by atoms with van der Waals surface area (Å²) in [4.78, 5) is 22.7. The number of pyridine rings is 1. The second-order valence-electron chi connectivity index (χ2n) is 4.55. The molecule has 0 aliphatic carbocycles. The zero-order valence-electron chi connectivity index (χ0n) is 10.5. The summed E-state index contributed by atoms with van der Waals surface area (Å²) in [5, 5.41) is 0. The number of aromatic nitrogens is 3. The van der Waals surface area contributed by atoms with E-state index in [4.69, 9.17) is 0 Å². The van der Waals surface area contributed by atoms with Crippen LogP contribution in [0.1, 0.15) is 21.7 Å². The van der Waals surface area contributed by atoms with Gasteiger partial charge < -0.3 is 9.47 Å². The largest absolute Gasteiger partial charge is 0.332 e. The van der Waals surface area contributed by atoms with Crippen LogP contribution in [0.4, 0.5) is 0 Å². The number of rotatable bonds is 1. The average Bonchev–Trinajstić information content (AvgIpc) is 2.74. The monoisotopic (exact) mass is 320 g/mol. The third kappa shape index (κ3) is 2.16. The Morgan fingerprint density at radius 3 is 3.05 bits per heavy atom. The van der Waals surface area contributed by atoms with Crippen molar-refractivity contribution in [3.05, 3.63) is 46.2 Å². The van der Waals surface area contributed by atoms with Crippen molar-refractivity contribution in [3.8, 4) is 0 Å². The number of nitrogens with zero attached hydrogens (tertiary/aromatic N) is 4. The van der Waals surface area contributed by atoms with Gasteiger partial charge >= 0.3 is 0 Å². The average molecular weight is 321 g/mol. The number of carbonyl (C=O) groups is 1. The fourth-order valence-electron chi connectivity index (χ4n) is 2.30. The van der Waals surface area contributed by atoms with E-state index in [9.17, 15) is 4.79 Å². The van der Waals surface area contributed by atoms with Crippen molar-refractivity contribution in [2.45, 2.75) is 13.0 Å². The van der Waals surface area contributed by atoms with Crippen LogP contribution in [-0.2, 0) is 20.0 Å². The van der Waals surface area contributed by atoms with Gasteiger partial charge in [0, 0.05) is 32.4 Å². The van der Waals surface area contributed by atoms with E-state index in [0.29, 0.717) is 18.7 Å².